The van der Waals surface area contributed by atoms with Crippen molar-refractivity contribution in [3.8, 4) is 5.75 Å². The molecule has 0 saturated carbocycles. The molecule has 1 aliphatic heterocycles. The molecule has 0 spiro atoms. The van der Waals surface area contributed by atoms with Gasteiger partial charge in [0.25, 0.3) is 0 Å². The number of nitrogens with one attached hydrogen (secondary N) is 2. The Balaban J connectivity index is 1.61. The van der Waals surface area contributed by atoms with Crippen LogP contribution in [0.4, 0.5) is 0 Å². The van der Waals surface area contributed by atoms with Crippen molar-refractivity contribution >= 4 is 16.8 Å². The maximum absolute atomic E-state index is 12.0. The second kappa shape index (κ2) is 6.81. The van der Waals surface area contributed by atoms with Crippen LogP contribution in [0.5, 0.6) is 5.75 Å². The minimum absolute atomic E-state index is 0.196. The highest BCUT2D eigenvalue weighted by Gasteiger charge is 2.16. The summed E-state index contributed by atoms with van der Waals surface area (Å²) in [4.78, 5) is 20.5. The summed E-state index contributed by atoms with van der Waals surface area (Å²) in [7, 11) is 1.62. The van der Waals surface area contributed by atoms with Gasteiger partial charge in [-0.15, -0.1) is 0 Å². The molecule has 1 amide bonds. The van der Waals surface area contributed by atoms with E-state index in [0.29, 0.717) is 6.61 Å². The molecule has 118 valence electrons. The quantitative estimate of drug-likeness (QED) is 0.831. The summed E-state index contributed by atoms with van der Waals surface area (Å²) >= 11 is 0. The summed E-state index contributed by atoms with van der Waals surface area (Å²) < 4.78 is 10.6. The van der Waals surface area contributed by atoms with E-state index >= 15 is 0 Å². The molecule has 0 bridgehead atoms. The van der Waals surface area contributed by atoms with Gasteiger partial charge in [0, 0.05) is 30.1 Å². The van der Waals surface area contributed by atoms with Crippen LogP contribution in [0.2, 0.25) is 0 Å². The number of aromatic amines is 1. The molecule has 1 unspecified atom stereocenters. The Morgan fingerprint density at radius 1 is 1.45 bits per heavy atom. The van der Waals surface area contributed by atoms with Crippen molar-refractivity contribution in [1.29, 1.82) is 0 Å². The standard InChI is InChI=1S/C16H20N2O4/c1-20-12-5-6-14-13(9-12)11(10-17-14)8-15(19)18-22-16-4-2-3-7-21-16/h5-6,9-10,16-17H,2-4,7-8H2,1H3,(H,18,19). The largest absolute Gasteiger partial charge is 0.497 e. The van der Waals surface area contributed by atoms with Gasteiger partial charge in [0.2, 0.25) is 5.91 Å². The fraction of sp³-hybridized carbons (Fsp3) is 0.438. The fourth-order valence-corrected chi connectivity index (χ4v) is 2.58. The summed E-state index contributed by atoms with van der Waals surface area (Å²) in [6.45, 7) is 0.683. The molecule has 1 fully saturated rings. The summed E-state index contributed by atoms with van der Waals surface area (Å²) in [6, 6.07) is 5.73. The molecule has 1 aromatic carbocycles. The van der Waals surface area contributed by atoms with E-state index in [1.54, 1.807) is 7.11 Å². The molecule has 6 heteroatoms. The van der Waals surface area contributed by atoms with Gasteiger partial charge in [-0.25, -0.2) is 10.3 Å². The average Bonchev–Trinajstić information content (AvgIpc) is 2.96. The fourth-order valence-electron chi connectivity index (χ4n) is 2.58. The number of H-pyrrole nitrogens is 1. The zero-order valence-corrected chi connectivity index (χ0v) is 12.6. The van der Waals surface area contributed by atoms with E-state index in [4.69, 9.17) is 14.3 Å². The zero-order chi connectivity index (χ0) is 15.4. The summed E-state index contributed by atoms with van der Waals surface area (Å²) in [5, 5.41) is 0.975. The van der Waals surface area contributed by atoms with Crippen LogP contribution in [0.3, 0.4) is 0 Å². The predicted octanol–water partition coefficient (Wildman–Crippen LogP) is 2.29. The summed E-state index contributed by atoms with van der Waals surface area (Å²) in [5.74, 6) is 0.568. The number of rotatable bonds is 5. The van der Waals surface area contributed by atoms with Gasteiger partial charge in [0.1, 0.15) is 5.75 Å². The van der Waals surface area contributed by atoms with E-state index < -0.39 is 0 Å². The maximum atomic E-state index is 12.0. The van der Waals surface area contributed by atoms with E-state index in [1.807, 2.05) is 24.4 Å². The second-order valence-electron chi connectivity index (χ2n) is 5.34. The van der Waals surface area contributed by atoms with Gasteiger partial charge in [-0.2, -0.15) is 0 Å². The third kappa shape index (κ3) is 3.40. The number of ether oxygens (including phenoxy) is 2. The summed E-state index contributed by atoms with van der Waals surface area (Å²) in [6.07, 6.45) is 4.65. The molecule has 2 aromatic rings. The van der Waals surface area contributed by atoms with Gasteiger partial charge < -0.3 is 14.5 Å². The number of hydrogen-bond donors (Lipinski definition) is 2. The molecule has 1 aliphatic rings. The van der Waals surface area contributed by atoms with Crippen LogP contribution in [0.15, 0.2) is 24.4 Å². The van der Waals surface area contributed by atoms with Crippen molar-refractivity contribution in [3.63, 3.8) is 0 Å². The molecule has 1 aromatic heterocycles. The van der Waals surface area contributed by atoms with Crippen molar-refractivity contribution in [2.75, 3.05) is 13.7 Å². The van der Waals surface area contributed by atoms with Gasteiger partial charge in [0.15, 0.2) is 6.29 Å². The van der Waals surface area contributed by atoms with Crippen molar-refractivity contribution < 1.29 is 19.1 Å². The maximum Gasteiger partial charge on any atom is 0.248 e. The highest BCUT2D eigenvalue weighted by molar-refractivity contribution is 5.89. The van der Waals surface area contributed by atoms with Crippen molar-refractivity contribution in [2.45, 2.75) is 32.0 Å². The molecule has 0 radical (unpaired) electrons. The number of methoxy groups -OCH3 is 1. The third-order valence-electron chi connectivity index (χ3n) is 3.77. The van der Waals surface area contributed by atoms with Crippen molar-refractivity contribution in [3.05, 3.63) is 30.0 Å². The van der Waals surface area contributed by atoms with Crippen LogP contribution in [0.25, 0.3) is 10.9 Å². The second-order valence-corrected chi connectivity index (χ2v) is 5.34. The molecule has 3 rings (SSSR count). The first-order valence-corrected chi connectivity index (χ1v) is 7.46. The average molecular weight is 304 g/mol. The van der Waals surface area contributed by atoms with Gasteiger partial charge in [-0.3, -0.25) is 4.79 Å². The number of aromatic nitrogens is 1. The Kier molecular flexibility index (Phi) is 4.60. The zero-order valence-electron chi connectivity index (χ0n) is 12.6. The van der Waals surface area contributed by atoms with E-state index in [9.17, 15) is 4.79 Å². The van der Waals surface area contributed by atoms with E-state index in [2.05, 4.69) is 10.5 Å². The Labute approximate surface area is 128 Å². The van der Waals surface area contributed by atoms with E-state index in [1.165, 1.54) is 0 Å². The number of fused-ring (bicyclic) bond motifs is 1. The molecule has 6 nitrogen and oxygen atoms in total. The van der Waals surface area contributed by atoms with Crippen LogP contribution in [0, 0.1) is 0 Å². The first kappa shape index (κ1) is 14.9. The SMILES string of the molecule is COc1ccc2[nH]cc(CC(=O)NOC3CCCCO3)c2c1. The van der Waals surface area contributed by atoms with Gasteiger partial charge in [-0.05, 0) is 36.6 Å². The molecule has 1 saturated heterocycles. The first-order valence-electron chi connectivity index (χ1n) is 7.46. The van der Waals surface area contributed by atoms with Crippen molar-refractivity contribution in [1.82, 2.24) is 10.5 Å². The normalized spacial score (nSPS) is 18.3. The topological polar surface area (TPSA) is 72.6 Å². The Morgan fingerprint density at radius 3 is 3.14 bits per heavy atom. The number of hydroxylamine groups is 1. The van der Waals surface area contributed by atoms with Crippen LogP contribution in [-0.4, -0.2) is 30.9 Å². The van der Waals surface area contributed by atoms with E-state index in [0.717, 1.165) is 41.5 Å². The monoisotopic (exact) mass is 304 g/mol. The number of amides is 1. The molecule has 1 atom stereocenters. The lowest BCUT2D eigenvalue weighted by atomic mass is 10.1. The molecule has 2 heterocycles. The number of benzene rings is 1. The van der Waals surface area contributed by atoms with Gasteiger partial charge in [-0.1, -0.05) is 0 Å². The molecule has 0 aliphatic carbocycles. The molecule has 22 heavy (non-hydrogen) atoms. The highest BCUT2D eigenvalue weighted by atomic mass is 16.8. The number of carbonyl (C=O) groups excluding carboxylic acids is 1. The van der Waals surface area contributed by atoms with Crippen molar-refractivity contribution in [2.24, 2.45) is 0 Å². The lowest BCUT2D eigenvalue weighted by Gasteiger charge is -2.22. The van der Waals surface area contributed by atoms with Crippen LogP contribution < -0.4 is 10.2 Å². The summed E-state index contributed by atoms with van der Waals surface area (Å²) in [5.41, 5.74) is 4.35. The minimum atomic E-state index is -0.333. The number of carbonyl (C=O) groups is 1. The Morgan fingerprint density at radius 2 is 2.36 bits per heavy atom. The third-order valence-corrected chi connectivity index (χ3v) is 3.77. The van der Waals surface area contributed by atoms with Crippen LogP contribution in [0.1, 0.15) is 24.8 Å². The smallest absolute Gasteiger partial charge is 0.248 e. The molecular weight excluding hydrogens is 284 g/mol. The molecular formula is C16H20N2O4. The Hall–Kier alpha value is -2.05. The Bertz CT molecular complexity index is 647. The van der Waals surface area contributed by atoms with Gasteiger partial charge >= 0.3 is 0 Å². The van der Waals surface area contributed by atoms with Crippen LogP contribution >= 0.6 is 0 Å². The first-order chi connectivity index (χ1) is 10.8. The lowest BCUT2D eigenvalue weighted by Crippen LogP contribution is -2.33. The number of hydrogen-bond acceptors (Lipinski definition) is 4. The molecule has 2 N–H and O–H groups in total. The van der Waals surface area contributed by atoms with E-state index in [-0.39, 0.29) is 18.6 Å². The highest BCUT2D eigenvalue weighted by Crippen LogP contribution is 2.24. The minimum Gasteiger partial charge on any atom is -0.497 e. The predicted molar refractivity (Wildman–Crippen MR) is 81.4 cm³/mol. The van der Waals surface area contributed by atoms with Gasteiger partial charge in [0.05, 0.1) is 13.5 Å². The lowest BCUT2D eigenvalue weighted by molar-refractivity contribution is -0.200. The van der Waals surface area contributed by atoms with Crippen LogP contribution in [-0.2, 0) is 20.8 Å².